The van der Waals surface area contributed by atoms with Gasteiger partial charge in [-0.1, -0.05) is 6.07 Å². The van der Waals surface area contributed by atoms with Gasteiger partial charge in [-0.25, -0.2) is 9.97 Å². The van der Waals surface area contributed by atoms with Crippen molar-refractivity contribution in [3.63, 3.8) is 0 Å². The van der Waals surface area contributed by atoms with E-state index < -0.39 is 0 Å². The van der Waals surface area contributed by atoms with Crippen LogP contribution in [0, 0.1) is 13.8 Å². The molecular formula is C15H17BrN4O. The molecule has 21 heavy (non-hydrogen) atoms. The molecule has 1 aromatic carbocycles. The third kappa shape index (κ3) is 3.78. The summed E-state index contributed by atoms with van der Waals surface area (Å²) in [5.41, 5.74) is 3.16. The highest BCUT2D eigenvalue weighted by Crippen LogP contribution is 2.28. The predicted octanol–water partition coefficient (Wildman–Crippen LogP) is 3.54. The summed E-state index contributed by atoms with van der Waals surface area (Å²) in [4.78, 5) is 20.5. The number of amides is 1. The Labute approximate surface area is 132 Å². The Morgan fingerprint density at radius 1 is 1.24 bits per heavy atom. The van der Waals surface area contributed by atoms with Gasteiger partial charge in [0.15, 0.2) is 0 Å². The maximum atomic E-state index is 12.2. The predicted molar refractivity (Wildman–Crippen MR) is 87.8 cm³/mol. The number of halogens is 1. The number of hydrogen-bond acceptors (Lipinski definition) is 4. The van der Waals surface area contributed by atoms with Crippen molar-refractivity contribution < 1.29 is 4.79 Å². The molecule has 0 spiro atoms. The summed E-state index contributed by atoms with van der Waals surface area (Å²) in [6.45, 7) is 6.69. The third-order valence-electron chi connectivity index (χ3n) is 2.91. The number of aryl methyl sites for hydroxylation is 2. The van der Waals surface area contributed by atoms with Crippen LogP contribution >= 0.6 is 15.9 Å². The largest absolute Gasteiger partial charge is 0.369 e. The average Bonchev–Trinajstić information content (AvgIpc) is 2.43. The van der Waals surface area contributed by atoms with Crippen LogP contribution in [0.25, 0.3) is 0 Å². The number of nitrogens with one attached hydrogen (secondary N) is 2. The summed E-state index contributed by atoms with van der Waals surface area (Å²) in [6, 6.07) is 3.98. The van der Waals surface area contributed by atoms with Crippen molar-refractivity contribution in [1.82, 2.24) is 9.97 Å². The van der Waals surface area contributed by atoms with Crippen LogP contribution in [0.5, 0.6) is 0 Å². The highest BCUT2D eigenvalue weighted by atomic mass is 79.9. The number of nitrogens with zero attached hydrogens (tertiary/aromatic N) is 2. The van der Waals surface area contributed by atoms with Gasteiger partial charge in [-0.05, 0) is 53.9 Å². The average molecular weight is 349 g/mol. The van der Waals surface area contributed by atoms with Crippen molar-refractivity contribution >= 4 is 33.3 Å². The van der Waals surface area contributed by atoms with Gasteiger partial charge in [-0.15, -0.1) is 0 Å². The molecule has 0 aliphatic heterocycles. The first-order valence-corrected chi connectivity index (χ1v) is 7.44. The molecule has 0 radical (unpaired) electrons. The van der Waals surface area contributed by atoms with Crippen molar-refractivity contribution in [2.45, 2.75) is 20.8 Å². The lowest BCUT2D eigenvalue weighted by Gasteiger charge is -2.11. The van der Waals surface area contributed by atoms with Crippen LogP contribution in [0.15, 0.2) is 29.0 Å². The highest BCUT2D eigenvalue weighted by Gasteiger charge is 2.12. The summed E-state index contributed by atoms with van der Waals surface area (Å²) < 4.78 is 0.852. The van der Waals surface area contributed by atoms with E-state index >= 15 is 0 Å². The van der Waals surface area contributed by atoms with E-state index in [0.29, 0.717) is 5.82 Å². The van der Waals surface area contributed by atoms with E-state index in [1.807, 2.05) is 32.9 Å². The molecule has 0 fully saturated rings. The molecule has 5 nitrogen and oxygen atoms in total. The fourth-order valence-corrected chi connectivity index (χ4v) is 2.74. The molecule has 0 atom stereocenters. The quantitative estimate of drug-likeness (QED) is 0.886. The summed E-state index contributed by atoms with van der Waals surface area (Å²) >= 11 is 3.47. The zero-order valence-electron chi connectivity index (χ0n) is 12.2. The molecule has 2 N–H and O–H groups in total. The molecule has 0 aliphatic carbocycles. The summed E-state index contributed by atoms with van der Waals surface area (Å²) in [6.07, 6.45) is 3.01. The van der Waals surface area contributed by atoms with Crippen LogP contribution in [0.1, 0.15) is 28.5 Å². The van der Waals surface area contributed by atoms with Crippen LogP contribution in [0.3, 0.4) is 0 Å². The van der Waals surface area contributed by atoms with E-state index in [4.69, 9.17) is 0 Å². The second kappa shape index (κ2) is 6.67. The third-order valence-corrected chi connectivity index (χ3v) is 3.54. The van der Waals surface area contributed by atoms with Gasteiger partial charge in [-0.3, -0.25) is 4.79 Å². The molecule has 0 saturated heterocycles. The lowest BCUT2D eigenvalue weighted by atomic mass is 10.1. The van der Waals surface area contributed by atoms with E-state index in [1.165, 1.54) is 6.20 Å². The minimum absolute atomic E-state index is 0.279. The normalized spacial score (nSPS) is 10.3. The molecule has 6 heteroatoms. The molecule has 0 unspecified atom stereocenters. The Hall–Kier alpha value is -1.95. The minimum Gasteiger partial charge on any atom is -0.369 e. The van der Waals surface area contributed by atoms with Gasteiger partial charge in [0, 0.05) is 11.0 Å². The smallest absolute Gasteiger partial charge is 0.275 e. The van der Waals surface area contributed by atoms with Gasteiger partial charge >= 0.3 is 0 Å². The van der Waals surface area contributed by atoms with Gasteiger partial charge in [0.25, 0.3) is 5.91 Å². The number of benzene rings is 1. The topological polar surface area (TPSA) is 66.9 Å². The number of anilines is 2. The number of aromatic nitrogens is 2. The van der Waals surface area contributed by atoms with Gasteiger partial charge in [-0.2, -0.15) is 0 Å². The SMILES string of the molecule is CCNc1cnc(C(=O)Nc2c(C)cc(C)cc2Br)cn1. The monoisotopic (exact) mass is 348 g/mol. The first-order valence-electron chi connectivity index (χ1n) is 6.65. The maximum Gasteiger partial charge on any atom is 0.275 e. The number of carbonyl (C=O) groups excluding carboxylic acids is 1. The molecule has 0 aliphatic rings. The molecule has 1 aromatic heterocycles. The molecule has 0 bridgehead atoms. The number of carbonyl (C=O) groups is 1. The summed E-state index contributed by atoms with van der Waals surface area (Å²) in [7, 11) is 0. The Balaban J connectivity index is 2.18. The van der Waals surface area contributed by atoms with E-state index in [1.54, 1.807) is 6.20 Å². The van der Waals surface area contributed by atoms with Crippen molar-refractivity contribution in [2.75, 3.05) is 17.2 Å². The van der Waals surface area contributed by atoms with E-state index in [2.05, 4.69) is 36.5 Å². The minimum atomic E-state index is -0.279. The highest BCUT2D eigenvalue weighted by molar-refractivity contribution is 9.10. The number of rotatable bonds is 4. The summed E-state index contributed by atoms with van der Waals surface area (Å²) in [5.74, 6) is 0.375. The molecule has 2 rings (SSSR count). The Bertz CT molecular complexity index is 632. The standard InChI is InChI=1S/C15H17BrN4O/c1-4-17-13-8-18-12(7-19-13)15(21)20-14-10(3)5-9(2)6-11(14)16/h5-8H,4H2,1-3H3,(H,17,19)(H,20,21). The van der Waals surface area contributed by atoms with Crippen LogP contribution in [0.4, 0.5) is 11.5 Å². The first-order chi connectivity index (χ1) is 10.0. The van der Waals surface area contributed by atoms with Crippen LogP contribution < -0.4 is 10.6 Å². The fraction of sp³-hybridized carbons (Fsp3) is 0.267. The van der Waals surface area contributed by atoms with E-state index in [-0.39, 0.29) is 11.6 Å². The van der Waals surface area contributed by atoms with Gasteiger partial charge in [0.05, 0.1) is 18.1 Å². The van der Waals surface area contributed by atoms with Gasteiger partial charge < -0.3 is 10.6 Å². The van der Waals surface area contributed by atoms with Crippen molar-refractivity contribution in [3.05, 3.63) is 45.8 Å². The van der Waals surface area contributed by atoms with Gasteiger partial charge in [0.1, 0.15) is 11.5 Å². The van der Waals surface area contributed by atoms with Crippen molar-refractivity contribution in [3.8, 4) is 0 Å². The zero-order chi connectivity index (χ0) is 15.4. The fourth-order valence-electron chi connectivity index (χ4n) is 1.97. The maximum absolute atomic E-state index is 12.2. The van der Waals surface area contributed by atoms with E-state index in [0.717, 1.165) is 27.8 Å². The van der Waals surface area contributed by atoms with E-state index in [9.17, 15) is 4.79 Å². The molecule has 1 amide bonds. The lowest BCUT2D eigenvalue weighted by Crippen LogP contribution is -2.15. The zero-order valence-corrected chi connectivity index (χ0v) is 13.8. The Morgan fingerprint density at radius 3 is 2.57 bits per heavy atom. The Morgan fingerprint density at radius 2 is 2.00 bits per heavy atom. The number of hydrogen-bond donors (Lipinski definition) is 2. The lowest BCUT2D eigenvalue weighted by molar-refractivity contribution is 0.102. The second-order valence-electron chi connectivity index (χ2n) is 4.71. The van der Waals surface area contributed by atoms with Crippen LogP contribution in [-0.2, 0) is 0 Å². The van der Waals surface area contributed by atoms with Crippen molar-refractivity contribution in [2.24, 2.45) is 0 Å². The Kier molecular flexibility index (Phi) is 4.90. The first kappa shape index (κ1) is 15.4. The molecule has 1 heterocycles. The van der Waals surface area contributed by atoms with Crippen molar-refractivity contribution in [1.29, 1.82) is 0 Å². The van der Waals surface area contributed by atoms with Crippen LogP contribution in [0.2, 0.25) is 0 Å². The molecular weight excluding hydrogens is 332 g/mol. The van der Waals surface area contributed by atoms with Gasteiger partial charge in [0.2, 0.25) is 0 Å². The summed E-state index contributed by atoms with van der Waals surface area (Å²) in [5, 5.41) is 5.90. The second-order valence-corrected chi connectivity index (χ2v) is 5.56. The molecule has 0 saturated carbocycles. The molecule has 110 valence electrons. The molecule has 2 aromatic rings. The van der Waals surface area contributed by atoms with Crippen LogP contribution in [-0.4, -0.2) is 22.4 Å².